The van der Waals surface area contributed by atoms with E-state index in [-0.39, 0.29) is 5.78 Å². The normalized spacial score (nSPS) is 11.5. The molecule has 0 bridgehead atoms. The molecule has 0 spiro atoms. The Labute approximate surface area is 162 Å². The summed E-state index contributed by atoms with van der Waals surface area (Å²) in [6, 6.07) is 12.8. The molecular formula is C20H17Cl2N3O. The molecule has 3 aromatic rings. The molecule has 4 nitrogen and oxygen atoms in total. The number of imidazole rings is 1. The van der Waals surface area contributed by atoms with E-state index < -0.39 is 0 Å². The SMILES string of the molecule is CN(C)c1ccc(/C=C(\C(=O)c2ccc(Cl)cc2Cl)n2ccnc2)cc1. The predicted octanol–water partition coefficient (Wildman–Crippen LogP) is 5.14. The molecule has 0 saturated heterocycles. The molecule has 3 rings (SSSR count). The number of benzene rings is 2. The lowest BCUT2D eigenvalue weighted by Gasteiger charge is -2.13. The molecule has 0 N–H and O–H groups in total. The first-order chi connectivity index (χ1) is 12.5. The van der Waals surface area contributed by atoms with Crippen molar-refractivity contribution in [3.05, 3.63) is 82.4 Å². The van der Waals surface area contributed by atoms with Gasteiger partial charge in [-0.2, -0.15) is 0 Å². The van der Waals surface area contributed by atoms with Gasteiger partial charge < -0.3 is 9.47 Å². The number of carbonyl (C=O) groups excluding carboxylic acids is 1. The molecule has 2 aromatic carbocycles. The largest absolute Gasteiger partial charge is 0.378 e. The summed E-state index contributed by atoms with van der Waals surface area (Å²) in [6.07, 6.45) is 6.75. The second-order valence-electron chi connectivity index (χ2n) is 5.94. The highest BCUT2D eigenvalue weighted by molar-refractivity contribution is 6.40. The fraction of sp³-hybridized carbons (Fsp3) is 0.100. The maximum Gasteiger partial charge on any atom is 0.211 e. The highest BCUT2D eigenvalue weighted by atomic mass is 35.5. The Morgan fingerprint density at radius 2 is 1.85 bits per heavy atom. The third-order valence-corrected chi connectivity index (χ3v) is 4.45. The summed E-state index contributed by atoms with van der Waals surface area (Å²) < 4.78 is 1.67. The van der Waals surface area contributed by atoms with Crippen molar-refractivity contribution >= 4 is 46.4 Å². The van der Waals surface area contributed by atoms with E-state index in [0.717, 1.165) is 11.3 Å². The summed E-state index contributed by atoms with van der Waals surface area (Å²) in [5.74, 6) is -0.207. The number of carbonyl (C=O) groups is 1. The third kappa shape index (κ3) is 3.98. The number of allylic oxidation sites excluding steroid dienone is 1. The lowest BCUT2D eigenvalue weighted by molar-refractivity contribution is 0.105. The monoisotopic (exact) mass is 385 g/mol. The van der Waals surface area contributed by atoms with Crippen LogP contribution in [0.1, 0.15) is 15.9 Å². The lowest BCUT2D eigenvalue weighted by atomic mass is 10.1. The van der Waals surface area contributed by atoms with Gasteiger partial charge in [-0.05, 0) is 42.0 Å². The van der Waals surface area contributed by atoms with Gasteiger partial charge in [-0.3, -0.25) is 4.79 Å². The van der Waals surface area contributed by atoms with Gasteiger partial charge in [-0.25, -0.2) is 4.98 Å². The zero-order chi connectivity index (χ0) is 18.7. The van der Waals surface area contributed by atoms with Gasteiger partial charge >= 0.3 is 0 Å². The average molecular weight is 386 g/mol. The first kappa shape index (κ1) is 18.2. The van der Waals surface area contributed by atoms with Crippen molar-refractivity contribution in [3.8, 4) is 0 Å². The molecule has 0 atom stereocenters. The van der Waals surface area contributed by atoms with Crippen LogP contribution in [0.2, 0.25) is 10.0 Å². The van der Waals surface area contributed by atoms with Crippen molar-refractivity contribution in [2.75, 3.05) is 19.0 Å². The van der Waals surface area contributed by atoms with Crippen LogP contribution in [0.4, 0.5) is 5.69 Å². The highest BCUT2D eigenvalue weighted by Gasteiger charge is 2.17. The van der Waals surface area contributed by atoms with Crippen LogP contribution >= 0.6 is 23.2 Å². The predicted molar refractivity (Wildman–Crippen MR) is 108 cm³/mol. The standard InChI is InChI=1S/C20H17Cl2N3O/c1-24(2)16-6-3-14(4-7-16)11-19(25-10-9-23-13-25)20(26)17-8-5-15(21)12-18(17)22/h3-13H,1-2H3/b19-11+. The van der Waals surface area contributed by atoms with Crippen molar-refractivity contribution in [1.82, 2.24) is 9.55 Å². The van der Waals surface area contributed by atoms with Crippen LogP contribution in [-0.2, 0) is 0 Å². The van der Waals surface area contributed by atoms with E-state index in [1.165, 1.54) is 0 Å². The van der Waals surface area contributed by atoms with Crippen LogP contribution in [-0.4, -0.2) is 29.4 Å². The number of rotatable bonds is 5. The van der Waals surface area contributed by atoms with Crippen molar-refractivity contribution in [2.45, 2.75) is 0 Å². The van der Waals surface area contributed by atoms with E-state index in [0.29, 0.717) is 21.3 Å². The van der Waals surface area contributed by atoms with E-state index in [1.54, 1.807) is 41.5 Å². The smallest absolute Gasteiger partial charge is 0.211 e. The Morgan fingerprint density at radius 1 is 1.12 bits per heavy atom. The van der Waals surface area contributed by atoms with Gasteiger partial charge in [0, 0.05) is 42.8 Å². The van der Waals surface area contributed by atoms with Gasteiger partial charge in [0.2, 0.25) is 5.78 Å². The van der Waals surface area contributed by atoms with Crippen molar-refractivity contribution in [1.29, 1.82) is 0 Å². The number of anilines is 1. The minimum atomic E-state index is -0.207. The van der Waals surface area contributed by atoms with E-state index in [4.69, 9.17) is 23.2 Å². The van der Waals surface area contributed by atoms with Crippen LogP contribution in [0, 0.1) is 0 Å². The minimum Gasteiger partial charge on any atom is -0.378 e. The van der Waals surface area contributed by atoms with Crippen LogP contribution in [0.5, 0.6) is 0 Å². The third-order valence-electron chi connectivity index (χ3n) is 3.90. The average Bonchev–Trinajstić information content (AvgIpc) is 3.14. The maximum atomic E-state index is 13.1. The molecule has 132 valence electrons. The van der Waals surface area contributed by atoms with E-state index in [1.807, 2.05) is 49.3 Å². The van der Waals surface area contributed by atoms with Gasteiger partial charge in [0.1, 0.15) is 0 Å². The van der Waals surface area contributed by atoms with Crippen molar-refractivity contribution < 1.29 is 4.79 Å². The number of nitrogens with zero attached hydrogens (tertiary/aromatic N) is 3. The minimum absolute atomic E-state index is 0.207. The number of hydrogen-bond acceptors (Lipinski definition) is 3. The topological polar surface area (TPSA) is 38.1 Å². The molecule has 0 aliphatic carbocycles. The number of aromatic nitrogens is 2. The Balaban J connectivity index is 2.04. The second kappa shape index (κ2) is 7.77. The van der Waals surface area contributed by atoms with Crippen molar-refractivity contribution in [3.63, 3.8) is 0 Å². The highest BCUT2D eigenvalue weighted by Crippen LogP contribution is 2.26. The van der Waals surface area contributed by atoms with Gasteiger partial charge in [0.05, 0.1) is 17.0 Å². The van der Waals surface area contributed by atoms with E-state index in [2.05, 4.69) is 4.98 Å². The lowest BCUT2D eigenvalue weighted by Crippen LogP contribution is -2.09. The van der Waals surface area contributed by atoms with Gasteiger partial charge in [-0.15, -0.1) is 0 Å². The van der Waals surface area contributed by atoms with Crippen LogP contribution in [0.25, 0.3) is 11.8 Å². The molecule has 1 heterocycles. The number of Topliss-reactive ketones (excluding diaryl/α,β-unsaturated/α-hetero) is 1. The fourth-order valence-corrected chi connectivity index (χ4v) is 2.99. The number of ketones is 1. The van der Waals surface area contributed by atoms with Crippen LogP contribution < -0.4 is 4.90 Å². The summed E-state index contributed by atoms with van der Waals surface area (Å²) in [5.41, 5.74) is 2.82. The summed E-state index contributed by atoms with van der Waals surface area (Å²) in [5, 5.41) is 0.801. The van der Waals surface area contributed by atoms with Crippen LogP contribution in [0.15, 0.2) is 61.2 Å². The van der Waals surface area contributed by atoms with Gasteiger partial charge in [0.15, 0.2) is 0 Å². The summed E-state index contributed by atoms with van der Waals surface area (Å²) >= 11 is 12.2. The molecular weight excluding hydrogens is 369 g/mol. The van der Waals surface area contributed by atoms with Gasteiger partial charge in [0.25, 0.3) is 0 Å². The Bertz CT molecular complexity index is 946. The Morgan fingerprint density at radius 3 is 2.42 bits per heavy atom. The summed E-state index contributed by atoms with van der Waals surface area (Å²) in [4.78, 5) is 19.2. The summed E-state index contributed by atoms with van der Waals surface area (Å²) in [7, 11) is 3.96. The molecule has 26 heavy (non-hydrogen) atoms. The zero-order valence-corrected chi connectivity index (χ0v) is 15.9. The molecule has 0 radical (unpaired) electrons. The zero-order valence-electron chi connectivity index (χ0n) is 14.4. The maximum absolute atomic E-state index is 13.1. The fourth-order valence-electron chi connectivity index (χ4n) is 2.50. The molecule has 0 aliphatic heterocycles. The van der Waals surface area contributed by atoms with Crippen LogP contribution in [0.3, 0.4) is 0 Å². The molecule has 0 amide bonds. The van der Waals surface area contributed by atoms with E-state index in [9.17, 15) is 4.79 Å². The number of hydrogen-bond donors (Lipinski definition) is 0. The Hall–Kier alpha value is -2.56. The Kier molecular flexibility index (Phi) is 5.45. The molecule has 1 aromatic heterocycles. The molecule has 6 heteroatoms. The van der Waals surface area contributed by atoms with Gasteiger partial charge in [-0.1, -0.05) is 35.3 Å². The van der Waals surface area contributed by atoms with Crippen molar-refractivity contribution in [2.24, 2.45) is 0 Å². The summed E-state index contributed by atoms with van der Waals surface area (Å²) in [6.45, 7) is 0. The molecule has 0 aliphatic rings. The second-order valence-corrected chi connectivity index (χ2v) is 6.78. The molecule has 0 fully saturated rings. The molecule has 0 unspecified atom stereocenters. The number of halogens is 2. The first-order valence-corrected chi connectivity index (χ1v) is 8.68. The first-order valence-electron chi connectivity index (χ1n) is 7.93. The quantitative estimate of drug-likeness (QED) is 0.450. The molecule has 0 saturated carbocycles. The van der Waals surface area contributed by atoms with E-state index >= 15 is 0 Å².